The van der Waals surface area contributed by atoms with Gasteiger partial charge in [0.05, 0.1) is 11.4 Å². The number of para-hydroxylation sites is 1. The number of hydrogen-bond acceptors (Lipinski definition) is 4. The van der Waals surface area contributed by atoms with E-state index in [9.17, 15) is 4.79 Å². The van der Waals surface area contributed by atoms with Gasteiger partial charge in [0.1, 0.15) is 11.1 Å². The highest BCUT2D eigenvalue weighted by Crippen LogP contribution is 2.32. The second-order valence-corrected chi connectivity index (χ2v) is 8.58. The Labute approximate surface area is 188 Å². The van der Waals surface area contributed by atoms with Crippen LogP contribution in [0, 0.1) is 41.5 Å². The summed E-state index contributed by atoms with van der Waals surface area (Å²) < 4.78 is 5.63. The van der Waals surface area contributed by atoms with Gasteiger partial charge in [0.25, 0.3) is 0 Å². The van der Waals surface area contributed by atoms with E-state index in [1.807, 2.05) is 38.1 Å². The van der Waals surface area contributed by atoms with Crippen LogP contribution in [0.25, 0.3) is 11.0 Å². The summed E-state index contributed by atoms with van der Waals surface area (Å²) in [6.07, 6.45) is 1.63. The Morgan fingerprint density at radius 3 is 1.97 bits per heavy atom. The Morgan fingerprint density at radius 1 is 0.781 bits per heavy atom. The number of aliphatic imine (C=N–C) groups is 1. The van der Waals surface area contributed by atoms with Crippen molar-refractivity contribution in [3.63, 3.8) is 0 Å². The molecule has 0 saturated heterocycles. The zero-order valence-electron chi connectivity index (χ0n) is 19.5. The quantitative estimate of drug-likeness (QED) is 0.280. The van der Waals surface area contributed by atoms with Gasteiger partial charge in [-0.25, -0.2) is 4.79 Å². The van der Waals surface area contributed by atoms with Crippen molar-refractivity contribution in [2.45, 2.75) is 41.5 Å². The fraction of sp³-hybridized carbons (Fsp3) is 0.214. The molecule has 1 aromatic heterocycles. The van der Waals surface area contributed by atoms with Gasteiger partial charge in [-0.3, -0.25) is 4.99 Å². The summed E-state index contributed by atoms with van der Waals surface area (Å²) in [6.45, 7) is 12.4. The Morgan fingerprint density at radius 2 is 1.34 bits per heavy atom. The number of aryl methyl sites for hydroxylation is 6. The van der Waals surface area contributed by atoms with E-state index >= 15 is 0 Å². The Bertz CT molecular complexity index is 1380. The van der Waals surface area contributed by atoms with E-state index in [0.717, 1.165) is 39.0 Å². The lowest BCUT2D eigenvalue weighted by molar-refractivity contribution is 0.560. The van der Waals surface area contributed by atoms with Gasteiger partial charge < -0.3 is 9.73 Å². The summed E-state index contributed by atoms with van der Waals surface area (Å²) >= 11 is 0. The van der Waals surface area contributed by atoms with E-state index in [2.05, 4.69) is 57.3 Å². The smallest absolute Gasteiger partial charge is 0.347 e. The van der Waals surface area contributed by atoms with Crippen LogP contribution in [-0.4, -0.2) is 6.21 Å². The molecule has 0 amide bonds. The third-order valence-corrected chi connectivity index (χ3v) is 5.73. The summed E-state index contributed by atoms with van der Waals surface area (Å²) in [7, 11) is 0. The van der Waals surface area contributed by atoms with Crippen molar-refractivity contribution in [2.24, 2.45) is 4.99 Å². The van der Waals surface area contributed by atoms with Crippen molar-refractivity contribution < 1.29 is 4.42 Å². The maximum Gasteiger partial charge on any atom is 0.347 e. The molecule has 32 heavy (non-hydrogen) atoms. The van der Waals surface area contributed by atoms with Crippen LogP contribution in [0.2, 0.25) is 0 Å². The molecule has 4 heteroatoms. The van der Waals surface area contributed by atoms with Gasteiger partial charge in [-0.1, -0.05) is 47.5 Å². The van der Waals surface area contributed by atoms with Gasteiger partial charge in [-0.05, 0) is 75.9 Å². The lowest BCUT2D eigenvalue weighted by Gasteiger charge is -2.17. The molecule has 0 radical (unpaired) electrons. The molecule has 0 fully saturated rings. The second-order valence-electron chi connectivity index (χ2n) is 8.58. The number of fused-ring (bicyclic) bond motifs is 1. The maximum absolute atomic E-state index is 13.0. The average Bonchev–Trinajstić information content (AvgIpc) is 2.70. The van der Waals surface area contributed by atoms with Crippen LogP contribution in [0.5, 0.6) is 0 Å². The lowest BCUT2D eigenvalue weighted by atomic mass is 10.0. The van der Waals surface area contributed by atoms with E-state index in [4.69, 9.17) is 9.41 Å². The van der Waals surface area contributed by atoms with E-state index in [1.165, 1.54) is 11.1 Å². The molecule has 0 aliphatic rings. The highest BCUT2D eigenvalue weighted by Gasteiger charge is 2.16. The van der Waals surface area contributed by atoms with Crippen LogP contribution in [0.15, 0.2) is 62.7 Å². The van der Waals surface area contributed by atoms with Gasteiger partial charge in [-0.2, -0.15) is 0 Å². The number of rotatable bonds is 4. The van der Waals surface area contributed by atoms with Crippen LogP contribution in [0.1, 0.15) is 38.9 Å². The molecule has 0 aliphatic heterocycles. The number of nitrogens with zero attached hydrogens (tertiary/aromatic N) is 1. The number of benzene rings is 3. The molecular formula is C28H28N2O2. The molecule has 1 N–H and O–H groups in total. The molecule has 3 aromatic carbocycles. The van der Waals surface area contributed by atoms with E-state index in [-0.39, 0.29) is 0 Å². The molecule has 0 saturated carbocycles. The highest BCUT2D eigenvalue weighted by molar-refractivity contribution is 6.02. The van der Waals surface area contributed by atoms with Crippen molar-refractivity contribution in [1.82, 2.24) is 0 Å². The number of nitrogens with one attached hydrogen (secondary N) is 1. The van der Waals surface area contributed by atoms with Crippen LogP contribution >= 0.6 is 0 Å². The Hall–Kier alpha value is -3.66. The predicted octanol–water partition coefficient (Wildman–Crippen LogP) is 7.14. The predicted molar refractivity (Wildman–Crippen MR) is 134 cm³/mol. The van der Waals surface area contributed by atoms with Crippen molar-refractivity contribution in [1.29, 1.82) is 0 Å². The van der Waals surface area contributed by atoms with Crippen LogP contribution < -0.4 is 10.9 Å². The monoisotopic (exact) mass is 424 g/mol. The second kappa shape index (κ2) is 8.46. The first-order valence-electron chi connectivity index (χ1n) is 10.8. The summed E-state index contributed by atoms with van der Waals surface area (Å²) in [5.41, 5.74) is 9.88. The number of anilines is 2. The molecule has 162 valence electrons. The van der Waals surface area contributed by atoms with Gasteiger partial charge in [0.2, 0.25) is 0 Å². The molecule has 4 rings (SSSR count). The first-order chi connectivity index (χ1) is 15.2. The molecule has 0 aliphatic carbocycles. The minimum absolute atomic E-state index is 0.405. The fourth-order valence-corrected chi connectivity index (χ4v) is 4.42. The molecule has 0 atom stereocenters. The zero-order valence-corrected chi connectivity index (χ0v) is 19.5. The third kappa shape index (κ3) is 4.09. The summed E-state index contributed by atoms with van der Waals surface area (Å²) in [5.74, 6) is 0. The van der Waals surface area contributed by atoms with Crippen molar-refractivity contribution in [2.75, 3.05) is 5.32 Å². The lowest BCUT2D eigenvalue weighted by Crippen LogP contribution is -2.12. The third-order valence-electron chi connectivity index (χ3n) is 5.73. The van der Waals surface area contributed by atoms with Crippen molar-refractivity contribution in [3.05, 3.63) is 97.9 Å². The van der Waals surface area contributed by atoms with Gasteiger partial charge >= 0.3 is 5.63 Å². The largest absolute Gasteiger partial charge is 0.422 e. The average molecular weight is 425 g/mol. The van der Waals surface area contributed by atoms with Crippen LogP contribution in [-0.2, 0) is 0 Å². The minimum Gasteiger partial charge on any atom is -0.422 e. The molecular weight excluding hydrogens is 396 g/mol. The minimum atomic E-state index is -0.417. The highest BCUT2D eigenvalue weighted by atomic mass is 16.4. The Balaban J connectivity index is 1.92. The van der Waals surface area contributed by atoms with Crippen LogP contribution in [0.4, 0.5) is 17.1 Å². The van der Waals surface area contributed by atoms with Crippen molar-refractivity contribution in [3.8, 4) is 0 Å². The maximum atomic E-state index is 13.0. The molecule has 0 spiro atoms. The topological polar surface area (TPSA) is 54.6 Å². The molecule has 0 unspecified atom stereocenters. The van der Waals surface area contributed by atoms with E-state index < -0.39 is 5.63 Å². The Kier molecular flexibility index (Phi) is 5.70. The molecule has 1 heterocycles. The first kappa shape index (κ1) is 21.6. The first-order valence-corrected chi connectivity index (χ1v) is 10.8. The summed E-state index contributed by atoms with van der Waals surface area (Å²) in [6, 6.07) is 16.0. The van der Waals surface area contributed by atoms with Gasteiger partial charge in [-0.15, -0.1) is 0 Å². The van der Waals surface area contributed by atoms with Crippen molar-refractivity contribution >= 4 is 34.2 Å². The van der Waals surface area contributed by atoms with E-state index in [1.54, 1.807) is 6.21 Å². The van der Waals surface area contributed by atoms with Gasteiger partial charge in [0, 0.05) is 17.3 Å². The van der Waals surface area contributed by atoms with E-state index in [0.29, 0.717) is 16.8 Å². The molecule has 4 aromatic rings. The normalized spacial score (nSPS) is 11.4. The zero-order chi connectivity index (χ0) is 23.0. The summed E-state index contributed by atoms with van der Waals surface area (Å²) in [4.78, 5) is 17.7. The number of hydrogen-bond donors (Lipinski definition) is 1. The van der Waals surface area contributed by atoms with Gasteiger partial charge in [0.15, 0.2) is 0 Å². The standard InChI is InChI=1S/C28H28N2O2/c1-16-11-18(3)25(19(4)12-16)29-15-23-27(22-9-7-8-10-24(22)32-28(23)31)30-26-20(5)13-17(2)14-21(26)6/h7-15,30H,1-6H3. The SMILES string of the molecule is Cc1cc(C)c(N=Cc2c(Nc3c(C)cc(C)cc3C)c3ccccc3oc2=O)c(C)c1. The fourth-order valence-electron chi connectivity index (χ4n) is 4.42. The summed E-state index contributed by atoms with van der Waals surface area (Å²) in [5, 5.41) is 4.38. The molecule has 0 bridgehead atoms. The van der Waals surface area contributed by atoms with Crippen LogP contribution in [0.3, 0.4) is 0 Å². The molecule has 4 nitrogen and oxygen atoms in total.